The van der Waals surface area contributed by atoms with Gasteiger partial charge in [-0.15, -0.1) is 0 Å². The molecular weight excluding hydrogens is 398 g/mol. The fourth-order valence-electron chi connectivity index (χ4n) is 4.28. The standard InChI is InChI=1S/C24H26ClN3O2/c1-2-12-27-13-10-18(11-14-27)26-16-22-20-8-3-4-9-21(20)23(29)28(24(22)30)19-7-5-6-17(25)15-19/h3-9,15-16,18,22H,2,10-14H2,1H3. The van der Waals surface area contributed by atoms with Gasteiger partial charge in [-0.1, -0.05) is 42.8 Å². The Hall–Kier alpha value is -2.50. The van der Waals surface area contributed by atoms with Crippen molar-refractivity contribution >= 4 is 35.3 Å². The van der Waals surface area contributed by atoms with E-state index in [9.17, 15) is 9.59 Å². The number of fused-ring (bicyclic) bond motifs is 1. The first-order valence-corrected chi connectivity index (χ1v) is 10.9. The maximum atomic E-state index is 13.4. The third-order valence-corrected chi connectivity index (χ3v) is 6.06. The Kier molecular flexibility index (Phi) is 6.30. The number of aliphatic imine (C=N–C) groups is 1. The molecule has 2 aromatic rings. The van der Waals surface area contributed by atoms with Crippen LogP contribution in [0, 0.1) is 0 Å². The molecule has 156 valence electrons. The highest BCUT2D eigenvalue weighted by Crippen LogP contribution is 2.33. The minimum Gasteiger partial charge on any atom is -0.303 e. The first-order valence-electron chi connectivity index (χ1n) is 10.6. The average molecular weight is 424 g/mol. The number of anilines is 1. The van der Waals surface area contributed by atoms with Gasteiger partial charge in [-0.05, 0) is 55.6 Å². The van der Waals surface area contributed by atoms with Gasteiger partial charge < -0.3 is 4.90 Å². The largest absolute Gasteiger partial charge is 0.303 e. The molecule has 4 rings (SSSR count). The molecule has 2 amide bonds. The molecule has 5 nitrogen and oxygen atoms in total. The van der Waals surface area contributed by atoms with Gasteiger partial charge in [0.15, 0.2) is 0 Å². The van der Waals surface area contributed by atoms with E-state index in [0.717, 1.165) is 44.5 Å². The summed E-state index contributed by atoms with van der Waals surface area (Å²) < 4.78 is 0. The van der Waals surface area contributed by atoms with Gasteiger partial charge in [-0.3, -0.25) is 14.6 Å². The SMILES string of the molecule is CCCN1CCC(N=CC2C(=O)N(c3cccc(Cl)c3)C(=O)c3ccccc32)CC1. The molecule has 2 aliphatic heterocycles. The smallest absolute Gasteiger partial charge is 0.265 e. The van der Waals surface area contributed by atoms with E-state index >= 15 is 0 Å². The van der Waals surface area contributed by atoms with Crippen molar-refractivity contribution < 1.29 is 9.59 Å². The van der Waals surface area contributed by atoms with Crippen LogP contribution in [0.4, 0.5) is 5.69 Å². The predicted octanol–water partition coefficient (Wildman–Crippen LogP) is 4.56. The number of hydrogen-bond donors (Lipinski definition) is 0. The Morgan fingerprint density at radius 1 is 1.10 bits per heavy atom. The first kappa shape index (κ1) is 20.8. The lowest BCUT2D eigenvalue weighted by atomic mass is 9.88. The van der Waals surface area contributed by atoms with Crippen LogP contribution in [0.3, 0.4) is 0 Å². The summed E-state index contributed by atoms with van der Waals surface area (Å²) in [5, 5.41) is 0.482. The summed E-state index contributed by atoms with van der Waals surface area (Å²) in [4.78, 5) is 35.0. The van der Waals surface area contributed by atoms with E-state index in [2.05, 4.69) is 11.8 Å². The van der Waals surface area contributed by atoms with Crippen LogP contribution < -0.4 is 4.90 Å². The van der Waals surface area contributed by atoms with E-state index in [0.29, 0.717) is 16.3 Å². The lowest BCUT2D eigenvalue weighted by molar-refractivity contribution is -0.118. The first-order chi connectivity index (χ1) is 14.6. The van der Waals surface area contributed by atoms with Crippen LogP contribution in [0.2, 0.25) is 5.02 Å². The Morgan fingerprint density at radius 2 is 1.87 bits per heavy atom. The zero-order valence-corrected chi connectivity index (χ0v) is 17.9. The Balaban J connectivity index is 1.61. The fourth-order valence-corrected chi connectivity index (χ4v) is 4.46. The van der Waals surface area contributed by atoms with Gasteiger partial charge in [0.1, 0.15) is 0 Å². The van der Waals surface area contributed by atoms with Crippen LogP contribution in [0.1, 0.15) is 48.0 Å². The van der Waals surface area contributed by atoms with Gasteiger partial charge in [0, 0.05) is 29.9 Å². The summed E-state index contributed by atoms with van der Waals surface area (Å²) in [7, 11) is 0. The third kappa shape index (κ3) is 4.18. The van der Waals surface area contributed by atoms with Gasteiger partial charge in [-0.25, -0.2) is 4.90 Å². The lowest BCUT2D eigenvalue weighted by Crippen LogP contribution is -2.45. The quantitative estimate of drug-likeness (QED) is 0.523. The number of rotatable bonds is 5. The van der Waals surface area contributed by atoms with Gasteiger partial charge in [-0.2, -0.15) is 0 Å². The molecule has 0 spiro atoms. The molecule has 0 aromatic heterocycles. The van der Waals surface area contributed by atoms with E-state index in [1.54, 1.807) is 36.5 Å². The summed E-state index contributed by atoms with van der Waals surface area (Å²) >= 11 is 6.11. The molecule has 2 aliphatic rings. The topological polar surface area (TPSA) is 53.0 Å². The van der Waals surface area contributed by atoms with Crippen molar-refractivity contribution in [1.82, 2.24) is 4.90 Å². The van der Waals surface area contributed by atoms with Crippen molar-refractivity contribution in [3.63, 3.8) is 0 Å². The highest BCUT2D eigenvalue weighted by Gasteiger charge is 2.39. The number of benzene rings is 2. The normalized spacial score (nSPS) is 20.7. The number of carbonyl (C=O) groups is 2. The van der Waals surface area contributed by atoms with E-state index < -0.39 is 5.92 Å². The second kappa shape index (κ2) is 9.11. The number of amides is 2. The summed E-state index contributed by atoms with van der Waals surface area (Å²) in [5.74, 6) is -1.19. The van der Waals surface area contributed by atoms with Crippen molar-refractivity contribution in [2.75, 3.05) is 24.5 Å². The van der Waals surface area contributed by atoms with Crippen LogP contribution in [-0.2, 0) is 4.79 Å². The molecule has 6 heteroatoms. The van der Waals surface area contributed by atoms with Crippen LogP contribution in [0.5, 0.6) is 0 Å². The number of piperidine rings is 1. The molecule has 1 saturated heterocycles. The monoisotopic (exact) mass is 423 g/mol. The average Bonchev–Trinajstić information content (AvgIpc) is 2.75. The van der Waals surface area contributed by atoms with E-state index in [1.165, 1.54) is 4.90 Å². The molecule has 0 radical (unpaired) electrons. The third-order valence-electron chi connectivity index (χ3n) is 5.83. The summed E-state index contributed by atoms with van der Waals surface area (Å²) in [5.41, 5.74) is 1.74. The molecule has 1 fully saturated rings. The van der Waals surface area contributed by atoms with Crippen molar-refractivity contribution in [1.29, 1.82) is 0 Å². The number of nitrogens with zero attached hydrogens (tertiary/aromatic N) is 3. The second-order valence-electron chi connectivity index (χ2n) is 7.89. The van der Waals surface area contributed by atoms with Gasteiger partial charge in [0.05, 0.1) is 17.6 Å². The Morgan fingerprint density at radius 3 is 2.60 bits per heavy atom. The fraction of sp³-hybridized carbons (Fsp3) is 0.375. The van der Waals surface area contributed by atoms with Crippen molar-refractivity contribution in [3.8, 4) is 0 Å². The minimum atomic E-state index is -0.577. The Labute approximate surface area is 182 Å². The summed E-state index contributed by atoms with van der Waals surface area (Å²) in [6.07, 6.45) is 4.91. The molecule has 30 heavy (non-hydrogen) atoms. The zero-order chi connectivity index (χ0) is 21.1. The molecule has 0 aliphatic carbocycles. The van der Waals surface area contributed by atoms with Gasteiger partial charge in [0.2, 0.25) is 5.91 Å². The molecule has 0 bridgehead atoms. The maximum absolute atomic E-state index is 13.4. The number of likely N-dealkylation sites (tertiary alicyclic amines) is 1. The number of imide groups is 1. The van der Waals surface area contributed by atoms with Crippen molar-refractivity contribution in [2.24, 2.45) is 4.99 Å². The number of carbonyl (C=O) groups excluding carboxylic acids is 2. The Bertz CT molecular complexity index is 966. The van der Waals surface area contributed by atoms with Gasteiger partial charge in [0.25, 0.3) is 5.91 Å². The lowest BCUT2D eigenvalue weighted by Gasteiger charge is -2.32. The molecule has 1 unspecified atom stereocenters. The van der Waals surface area contributed by atoms with Crippen molar-refractivity contribution in [3.05, 3.63) is 64.7 Å². The second-order valence-corrected chi connectivity index (χ2v) is 8.33. The minimum absolute atomic E-state index is 0.218. The van der Waals surface area contributed by atoms with Crippen LogP contribution in [-0.4, -0.2) is 48.6 Å². The van der Waals surface area contributed by atoms with E-state index in [1.807, 2.05) is 18.2 Å². The maximum Gasteiger partial charge on any atom is 0.265 e. The molecule has 1 atom stereocenters. The summed E-state index contributed by atoms with van der Waals surface area (Å²) in [6.45, 7) is 5.40. The molecule has 2 aromatic carbocycles. The summed E-state index contributed by atoms with van der Waals surface area (Å²) in [6, 6.07) is 14.4. The molecular formula is C24H26ClN3O2. The molecule has 0 N–H and O–H groups in total. The number of halogens is 1. The van der Waals surface area contributed by atoms with Crippen LogP contribution in [0.15, 0.2) is 53.5 Å². The highest BCUT2D eigenvalue weighted by molar-refractivity contribution is 6.32. The predicted molar refractivity (Wildman–Crippen MR) is 121 cm³/mol. The van der Waals surface area contributed by atoms with E-state index in [4.69, 9.17) is 16.6 Å². The van der Waals surface area contributed by atoms with E-state index in [-0.39, 0.29) is 17.9 Å². The highest BCUT2D eigenvalue weighted by atomic mass is 35.5. The molecule has 2 heterocycles. The van der Waals surface area contributed by atoms with Gasteiger partial charge >= 0.3 is 0 Å². The van der Waals surface area contributed by atoms with Crippen molar-refractivity contribution in [2.45, 2.75) is 38.1 Å². The van der Waals surface area contributed by atoms with Crippen LogP contribution in [0.25, 0.3) is 0 Å². The molecule has 0 saturated carbocycles. The van der Waals surface area contributed by atoms with Crippen LogP contribution >= 0.6 is 11.6 Å². The number of hydrogen-bond acceptors (Lipinski definition) is 4. The zero-order valence-electron chi connectivity index (χ0n) is 17.1.